The van der Waals surface area contributed by atoms with E-state index in [9.17, 15) is 36.2 Å². The molecule has 2 rings (SSSR count). The molecule has 0 spiro atoms. The van der Waals surface area contributed by atoms with Crippen molar-refractivity contribution in [2.24, 2.45) is 5.92 Å². The summed E-state index contributed by atoms with van der Waals surface area (Å²) < 4.78 is 83.1. The van der Waals surface area contributed by atoms with Gasteiger partial charge in [0.1, 0.15) is 5.01 Å². The molecule has 0 radical (unpaired) electrons. The van der Waals surface area contributed by atoms with Crippen LogP contribution in [0, 0.1) is 5.92 Å². The second-order valence-electron chi connectivity index (χ2n) is 6.12. The maximum absolute atomic E-state index is 13.3. The van der Waals surface area contributed by atoms with E-state index >= 15 is 0 Å². The number of hydrogen-bond acceptors (Lipinski definition) is 5. The van der Waals surface area contributed by atoms with E-state index in [4.69, 9.17) is 4.74 Å². The van der Waals surface area contributed by atoms with Crippen molar-refractivity contribution in [2.45, 2.75) is 38.8 Å². The maximum atomic E-state index is 13.3. The topological polar surface area (TPSA) is 80.0 Å². The summed E-state index contributed by atoms with van der Waals surface area (Å²) >= 11 is 0.831. The van der Waals surface area contributed by atoms with Crippen LogP contribution in [-0.2, 0) is 24.1 Å². The molecule has 1 N–H and O–H groups in total. The van der Waals surface area contributed by atoms with Gasteiger partial charge in [-0.25, -0.2) is 14.3 Å². The molecule has 2 aromatic heterocycles. The predicted octanol–water partition coefficient (Wildman–Crippen LogP) is 4.02. The van der Waals surface area contributed by atoms with Crippen molar-refractivity contribution in [1.29, 1.82) is 0 Å². The minimum absolute atomic E-state index is 0.0140. The molecule has 2 heterocycles. The lowest BCUT2D eigenvalue weighted by molar-refractivity contribution is -0.144. The lowest BCUT2D eigenvalue weighted by atomic mass is 10.1. The van der Waals surface area contributed by atoms with Crippen LogP contribution in [0.3, 0.4) is 0 Å². The van der Waals surface area contributed by atoms with Crippen molar-refractivity contribution in [3.8, 4) is 0 Å². The highest BCUT2D eigenvalue weighted by atomic mass is 32.1. The summed E-state index contributed by atoms with van der Waals surface area (Å²) in [5.74, 6) is -1.15. The van der Waals surface area contributed by atoms with E-state index in [-0.39, 0.29) is 11.6 Å². The third-order valence-corrected chi connectivity index (χ3v) is 4.48. The first-order valence-corrected chi connectivity index (χ1v) is 8.61. The number of carbonyl (C=O) groups is 1. The Balaban J connectivity index is 2.37. The molecular weight excluding hydrogens is 418 g/mol. The van der Waals surface area contributed by atoms with E-state index in [2.05, 4.69) is 10.1 Å². The Morgan fingerprint density at radius 3 is 2.46 bits per heavy atom. The van der Waals surface area contributed by atoms with Gasteiger partial charge in [0.05, 0.1) is 18.8 Å². The van der Waals surface area contributed by atoms with Crippen molar-refractivity contribution < 1.29 is 41.0 Å². The molecule has 1 atom stereocenters. The number of methoxy groups -OCH3 is 1. The highest BCUT2D eigenvalue weighted by Crippen LogP contribution is 2.34. The number of imidazole rings is 1. The monoisotopic (exact) mass is 434 g/mol. The van der Waals surface area contributed by atoms with Gasteiger partial charge < -0.3 is 14.7 Å². The minimum Gasteiger partial charge on any atom is -0.465 e. The third-order valence-electron chi connectivity index (χ3n) is 3.60. The van der Waals surface area contributed by atoms with Crippen molar-refractivity contribution in [1.82, 2.24) is 19.5 Å². The van der Waals surface area contributed by atoms with Crippen LogP contribution in [0.5, 0.6) is 0 Å². The van der Waals surface area contributed by atoms with E-state index in [1.54, 1.807) is 0 Å². The fraction of sp³-hybridized carbons (Fsp3) is 0.643. The van der Waals surface area contributed by atoms with E-state index in [1.807, 2.05) is 0 Å². The van der Waals surface area contributed by atoms with Gasteiger partial charge in [-0.05, 0) is 5.92 Å². The maximum Gasteiger partial charge on any atom is 0.435 e. The number of aromatic nitrogens is 3. The zero-order chi connectivity index (χ0) is 21.3. The first-order chi connectivity index (χ1) is 12.8. The molecule has 0 saturated carbocycles. The van der Waals surface area contributed by atoms with Crippen LogP contribution in [-0.4, -0.2) is 50.5 Å². The number of nitrogens with zero attached hydrogens (tertiary/aromatic N) is 4. The summed E-state index contributed by atoms with van der Waals surface area (Å²) in [5, 5.41) is 13.5. The first kappa shape index (κ1) is 22.2. The molecule has 0 aromatic carbocycles. The Bertz CT molecular complexity index is 831. The zero-order valence-corrected chi connectivity index (χ0v) is 15.5. The van der Waals surface area contributed by atoms with E-state index < -0.39 is 55.3 Å². The quantitative estimate of drug-likeness (QED) is 0.666. The average Bonchev–Trinajstić information content (AvgIpc) is 3.03. The molecule has 158 valence electrons. The van der Waals surface area contributed by atoms with Gasteiger partial charge in [0.2, 0.25) is 4.96 Å². The van der Waals surface area contributed by atoms with Crippen molar-refractivity contribution in [3.05, 3.63) is 16.4 Å². The largest absolute Gasteiger partial charge is 0.465 e. The Morgan fingerprint density at radius 1 is 1.32 bits per heavy atom. The van der Waals surface area contributed by atoms with Gasteiger partial charge in [0, 0.05) is 20.1 Å². The molecule has 0 aliphatic rings. The smallest absolute Gasteiger partial charge is 0.435 e. The molecule has 28 heavy (non-hydrogen) atoms. The number of amides is 1. The molecule has 1 amide bonds. The van der Waals surface area contributed by atoms with Gasteiger partial charge in [-0.15, -0.1) is 0 Å². The molecule has 1 unspecified atom stereocenters. The van der Waals surface area contributed by atoms with Gasteiger partial charge in [-0.3, -0.25) is 0 Å². The summed E-state index contributed by atoms with van der Waals surface area (Å²) in [6.45, 7) is -0.238. The zero-order valence-electron chi connectivity index (χ0n) is 14.6. The van der Waals surface area contributed by atoms with Crippen molar-refractivity contribution in [2.75, 3.05) is 13.7 Å². The van der Waals surface area contributed by atoms with Crippen LogP contribution in [0.4, 0.5) is 31.1 Å². The number of ether oxygens (including phenoxy) is 1. The van der Waals surface area contributed by atoms with Crippen LogP contribution >= 0.6 is 11.3 Å². The molecule has 0 aliphatic heterocycles. The summed E-state index contributed by atoms with van der Waals surface area (Å²) in [5.41, 5.74) is -1.90. The van der Waals surface area contributed by atoms with E-state index in [1.165, 1.54) is 14.0 Å². The summed E-state index contributed by atoms with van der Waals surface area (Å²) in [7, 11) is 1.36. The van der Waals surface area contributed by atoms with E-state index in [0.29, 0.717) is 9.91 Å². The van der Waals surface area contributed by atoms with Crippen LogP contribution in [0.2, 0.25) is 0 Å². The lowest BCUT2D eigenvalue weighted by Gasteiger charge is -2.24. The van der Waals surface area contributed by atoms with Crippen molar-refractivity contribution >= 4 is 22.4 Å². The number of fused-ring (bicyclic) bond motifs is 1. The minimum atomic E-state index is -4.88. The van der Waals surface area contributed by atoms with Crippen molar-refractivity contribution in [3.63, 3.8) is 0 Å². The number of hydrogen-bond donors (Lipinski definition) is 1. The highest BCUT2D eigenvalue weighted by Gasteiger charge is 2.40. The molecule has 0 aliphatic carbocycles. The molecule has 0 bridgehead atoms. The standard InChI is InChI=1S/C14H16F6N4O3S/c1-7(3-13(15,16)17)4-23(12(25)26)5-8-10(14(18,19)20)21-11-24(8)22-9(28-11)6-27-2/h7H,3-6H2,1-2H3,(H,25,26). The SMILES string of the molecule is COCc1nn2c(CN(CC(C)CC(F)(F)F)C(=O)O)c(C(F)(F)F)nc2s1. The Kier molecular flexibility index (Phi) is 6.43. The number of alkyl halides is 6. The summed E-state index contributed by atoms with van der Waals surface area (Å²) in [6.07, 6.45) is -12.3. The highest BCUT2D eigenvalue weighted by molar-refractivity contribution is 7.16. The Morgan fingerprint density at radius 2 is 1.96 bits per heavy atom. The van der Waals surface area contributed by atoms with Gasteiger partial charge in [-0.2, -0.15) is 31.4 Å². The Hall–Kier alpha value is -2.09. The van der Waals surface area contributed by atoms with Crippen LogP contribution < -0.4 is 0 Å². The fourth-order valence-corrected chi connectivity index (χ4v) is 3.49. The van der Waals surface area contributed by atoms with Crippen LogP contribution in [0.15, 0.2) is 0 Å². The average molecular weight is 434 g/mol. The third kappa shape index (κ3) is 5.47. The van der Waals surface area contributed by atoms with Gasteiger partial charge in [0.15, 0.2) is 5.69 Å². The molecule has 7 nitrogen and oxygen atoms in total. The van der Waals surface area contributed by atoms with Crippen LogP contribution in [0.1, 0.15) is 29.7 Å². The number of halogens is 6. The Labute approximate surface area is 158 Å². The number of rotatable bonds is 7. The molecular formula is C14H16F6N4O3S. The second kappa shape index (κ2) is 8.11. The van der Waals surface area contributed by atoms with Crippen LogP contribution in [0.25, 0.3) is 4.96 Å². The summed E-state index contributed by atoms with van der Waals surface area (Å²) in [6, 6.07) is 0. The molecule has 0 saturated heterocycles. The predicted molar refractivity (Wildman–Crippen MR) is 84.8 cm³/mol. The number of carboxylic acid groups (broad SMARTS) is 1. The summed E-state index contributed by atoms with van der Waals surface area (Å²) in [4.78, 5) is 15.3. The molecule has 2 aromatic rings. The van der Waals surface area contributed by atoms with Gasteiger partial charge >= 0.3 is 18.4 Å². The first-order valence-electron chi connectivity index (χ1n) is 7.80. The normalized spacial score (nSPS) is 13.9. The second-order valence-corrected chi connectivity index (χ2v) is 7.16. The lowest BCUT2D eigenvalue weighted by Crippen LogP contribution is -2.35. The van der Waals surface area contributed by atoms with Gasteiger partial charge in [-0.1, -0.05) is 18.3 Å². The van der Waals surface area contributed by atoms with E-state index in [0.717, 1.165) is 15.9 Å². The molecule has 14 heteroatoms. The van der Waals surface area contributed by atoms with Gasteiger partial charge in [0.25, 0.3) is 0 Å². The molecule has 0 fully saturated rings. The fourth-order valence-electron chi connectivity index (χ4n) is 2.61.